The van der Waals surface area contributed by atoms with E-state index in [0.717, 1.165) is 19.3 Å². The third-order valence-corrected chi connectivity index (χ3v) is 3.49. The minimum atomic E-state index is -0.102. The number of carbonyl (C=O) groups is 1. The monoisotopic (exact) mass is 317 g/mol. The van der Waals surface area contributed by atoms with Crippen molar-refractivity contribution in [3.8, 4) is 5.75 Å². The molecule has 4 heteroatoms. The number of hydrogen-bond acceptors (Lipinski definition) is 2. The topological polar surface area (TPSA) is 38.3 Å². The number of rotatable bonds is 8. The Labute approximate surface area is 136 Å². The van der Waals surface area contributed by atoms with Crippen LogP contribution in [0.4, 0.5) is 0 Å². The molecule has 0 aliphatic rings. The summed E-state index contributed by atoms with van der Waals surface area (Å²) < 4.78 is 5.38. The zero-order chi connectivity index (χ0) is 15.6. The van der Waals surface area contributed by atoms with Gasteiger partial charge in [-0.05, 0) is 49.1 Å². The minimum Gasteiger partial charge on any atom is -0.484 e. The lowest BCUT2D eigenvalue weighted by molar-refractivity contribution is -0.123. The molecule has 0 fully saturated rings. The van der Waals surface area contributed by atoms with Crippen LogP contribution in [0.15, 0.2) is 54.6 Å². The van der Waals surface area contributed by atoms with Crippen LogP contribution in [0.5, 0.6) is 5.75 Å². The third kappa shape index (κ3) is 6.19. The molecular weight excluding hydrogens is 298 g/mol. The molecule has 0 saturated carbocycles. The van der Waals surface area contributed by atoms with Crippen molar-refractivity contribution in [3.63, 3.8) is 0 Å². The summed E-state index contributed by atoms with van der Waals surface area (Å²) in [5.74, 6) is 0.540. The third-order valence-electron chi connectivity index (χ3n) is 3.24. The number of halogens is 1. The number of aryl methyl sites for hydroxylation is 1. The average molecular weight is 318 g/mol. The lowest BCUT2D eigenvalue weighted by Crippen LogP contribution is -2.29. The Kier molecular flexibility index (Phi) is 6.78. The smallest absolute Gasteiger partial charge is 0.257 e. The van der Waals surface area contributed by atoms with Gasteiger partial charge in [0.2, 0.25) is 0 Å². The Morgan fingerprint density at radius 3 is 2.45 bits per heavy atom. The summed E-state index contributed by atoms with van der Waals surface area (Å²) in [5.41, 5.74) is 1.33. The maximum Gasteiger partial charge on any atom is 0.257 e. The van der Waals surface area contributed by atoms with Gasteiger partial charge in [0.25, 0.3) is 5.91 Å². The fourth-order valence-corrected chi connectivity index (χ4v) is 2.18. The van der Waals surface area contributed by atoms with Crippen molar-refractivity contribution in [3.05, 3.63) is 65.2 Å². The molecule has 0 atom stereocenters. The number of nitrogens with one attached hydrogen (secondary N) is 1. The van der Waals surface area contributed by atoms with Gasteiger partial charge in [-0.2, -0.15) is 0 Å². The molecule has 0 radical (unpaired) electrons. The summed E-state index contributed by atoms with van der Waals surface area (Å²) in [6.45, 7) is 0.704. The van der Waals surface area contributed by atoms with Gasteiger partial charge in [0.1, 0.15) is 5.75 Å². The largest absolute Gasteiger partial charge is 0.484 e. The zero-order valence-corrected chi connectivity index (χ0v) is 13.2. The maximum absolute atomic E-state index is 11.7. The molecule has 1 N–H and O–H groups in total. The fraction of sp³-hybridized carbons (Fsp3) is 0.278. The first kappa shape index (κ1) is 16.4. The van der Waals surface area contributed by atoms with E-state index in [-0.39, 0.29) is 12.5 Å². The van der Waals surface area contributed by atoms with E-state index in [0.29, 0.717) is 17.3 Å². The van der Waals surface area contributed by atoms with Gasteiger partial charge in [-0.25, -0.2) is 0 Å². The Bertz CT molecular complexity index is 569. The van der Waals surface area contributed by atoms with Gasteiger partial charge in [-0.15, -0.1) is 0 Å². The summed E-state index contributed by atoms with van der Waals surface area (Å²) in [4.78, 5) is 11.7. The summed E-state index contributed by atoms with van der Waals surface area (Å²) in [7, 11) is 0. The van der Waals surface area contributed by atoms with Crippen LogP contribution in [-0.2, 0) is 11.2 Å². The minimum absolute atomic E-state index is 0.0281. The van der Waals surface area contributed by atoms with Crippen LogP contribution in [0, 0.1) is 0 Å². The predicted octanol–water partition coefficient (Wildman–Crippen LogP) is 3.86. The molecule has 1 amide bonds. The van der Waals surface area contributed by atoms with Crippen LogP contribution < -0.4 is 10.1 Å². The second-order valence-corrected chi connectivity index (χ2v) is 5.47. The Hall–Kier alpha value is -2.00. The van der Waals surface area contributed by atoms with Gasteiger partial charge >= 0.3 is 0 Å². The molecule has 2 aromatic carbocycles. The highest BCUT2D eigenvalue weighted by Crippen LogP contribution is 2.15. The van der Waals surface area contributed by atoms with Crippen molar-refractivity contribution in [1.82, 2.24) is 5.32 Å². The highest BCUT2D eigenvalue weighted by Gasteiger charge is 2.02. The molecule has 2 rings (SSSR count). The quantitative estimate of drug-likeness (QED) is 0.751. The molecule has 0 bridgehead atoms. The molecule has 0 unspecified atom stereocenters. The first-order valence-corrected chi connectivity index (χ1v) is 7.81. The van der Waals surface area contributed by atoms with Crippen molar-refractivity contribution in [2.75, 3.05) is 13.2 Å². The molecule has 0 aliphatic heterocycles. The van der Waals surface area contributed by atoms with Gasteiger partial charge in [0, 0.05) is 11.6 Å². The van der Waals surface area contributed by atoms with Crippen molar-refractivity contribution in [2.24, 2.45) is 0 Å². The highest BCUT2D eigenvalue weighted by atomic mass is 35.5. The van der Waals surface area contributed by atoms with Gasteiger partial charge in [0.05, 0.1) is 0 Å². The van der Waals surface area contributed by atoms with E-state index in [4.69, 9.17) is 16.3 Å². The zero-order valence-electron chi connectivity index (χ0n) is 12.4. The van der Waals surface area contributed by atoms with E-state index in [2.05, 4.69) is 17.4 Å². The average Bonchev–Trinajstić information content (AvgIpc) is 2.55. The van der Waals surface area contributed by atoms with Gasteiger partial charge in [0.15, 0.2) is 6.61 Å². The van der Waals surface area contributed by atoms with E-state index in [1.807, 2.05) is 18.2 Å². The Morgan fingerprint density at radius 1 is 1.00 bits per heavy atom. The van der Waals surface area contributed by atoms with Crippen molar-refractivity contribution in [1.29, 1.82) is 0 Å². The second-order valence-electron chi connectivity index (χ2n) is 5.04. The van der Waals surface area contributed by atoms with E-state index in [9.17, 15) is 4.79 Å². The first-order chi connectivity index (χ1) is 10.7. The molecule has 22 heavy (non-hydrogen) atoms. The molecule has 2 aromatic rings. The van der Waals surface area contributed by atoms with E-state index >= 15 is 0 Å². The molecule has 0 aliphatic carbocycles. The van der Waals surface area contributed by atoms with Gasteiger partial charge in [-0.1, -0.05) is 41.9 Å². The number of unbranched alkanes of at least 4 members (excludes halogenated alkanes) is 1. The van der Waals surface area contributed by atoms with Crippen molar-refractivity contribution < 1.29 is 9.53 Å². The summed E-state index contributed by atoms with van der Waals surface area (Å²) >= 11 is 5.78. The summed E-state index contributed by atoms with van der Waals surface area (Å²) in [5, 5.41) is 3.51. The molecule has 0 heterocycles. The standard InChI is InChI=1S/C18H20ClNO2/c19-16-9-11-17(12-10-16)22-14-18(21)20-13-5-4-8-15-6-2-1-3-7-15/h1-3,6-7,9-12H,4-5,8,13-14H2,(H,20,21). The molecule has 0 spiro atoms. The number of benzene rings is 2. The van der Waals surface area contributed by atoms with E-state index in [1.54, 1.807) is 24.3 Å². The van der Waals surface area contributed by atoms with E-state index in [1.165, 1.54) is 5.56 Å². The number of carbonyl (C=O) groups excluding carboxylic acids is 1. The molecule has 3 nitrogen and oxygen atoms in total. The van der Waals surface area contributed by atoms with Crippen LogP contribution in [0.1, 0.15) is 18.4 Å². The Balaban J connectivity index is 1.55. The number of hydrogen-bond donors (Lipinski definition) is 1. The normalized spacial score (nSPS) is 10.2. The van der Waals surface area contributed by atoms with Crippen LogP contribution >= 0.6 is 11.6 Å². The predicted molar refractivity (Wildman–Crippen MR) is 89.3 cm³/mol. The Morgan fingerprint density at radius 2 is 1.73 bits per heavy atom. The van der Waals surface area contributed by atoms with Crippen LogP contribution in [0.25, 0.3) is 0 Å². The first-order valence-electron chi connectivity index (χ1n) is 7.43. The maximum atomic E-state index is 11.7. The molecule has 0 aromatic heterocycles. The fourth-order valence-electron chi connectivity index (χ4n) is 2.06. The summed E-state index contributed by atoms with van der Waals surface area (Å²) in [6.07, 6.45) is 3.06. The summed E-state index contributed by atoms with van der Waals surface area (Å²) in [6, 6.07) is 17.3. The molecule has 116 valence electrons. The number of ether oxygens (including phenoxy) is 1. The van der Waals surface area contributed by atoms with E-state index < -0.39 is 0 Å². The van der Waals surface area contributed by atoms with Crippen LogP contribution in [-0.4, -0.2) is 19.1 Å². The molecule has 0 saturated heterocycles. The van der Waals surface area contributed by atoms with Gasteiger partial charge in [-0.3, -0.25) is 4.79 Å². The van der Waals surface area contributed by atoms with Crippen LogP contribution in [0.2, 0.25) is 5.02 Å². The van der Waals surface area contributed by atoms with Gasteiger partial charge < -0.3 is 10.1 Å². The SMILES string of the molecule is O=C(COc1ccc(Cl)cc1)NCCCCc1ccccc1. The lowest BCUT2D eigenvalue weighted by Gasteiger charge is -2.07. The number of amides is 1. The van der Waals surface area contributed by atoms with Crippen molar-refractivity contribution >= 4 is 17.5 Å². The second kappa shape index (κ2) is 9.11. The molecular formula is C18H20ClNO2. The van der Waals surface area contributed by atoms with Crippen LogP contribution in [0.3, 0.4) is 0 Å². The lowest BCUT2D eigenvalue weighted by atomic mass is 10.1. The van der Waals surface area contributed by atoms with Crippen molar-refractivity contribution in [2.45, 2.75) is 19.3 Å². The highest BCUT2D eigenvalue weighted by molar-refractivity contribution is 6.30.